The van der Waals surface area contributed by atoms with E-state index in [4.69, 9.17) is 0 Å². The molecule has 2 nitrogen and oxygen atoms in total. The minimum atomic E-state index is 0.904. The summed E-state index contributed by atoms with van der Waals surface area (Å²) in [4.78, 5) is 0. The second kappa shape index (κ2) is 5.57. The molecule has 0 fully saturated rings. The normalized spacial score (nSPS) is 10.2. The number of aromatic nitrogens is 2. The second-order valence-corrected chi connectivity index (χ2v) is 3.34. The molecule has 1 aromatic rings. The average Bonchev–Trinajstić information content (AvgIpc) is 2.54. The largest absolute Gasteiger partial charge is 0.244 e. The molecule has 0 aromatic carbocycles. The van der Waals surface area contributed by atoms with Crippen molar-refractivity contribution >= 4 is 0 Å². The van der Waals surface area contributed by atoms with Gasteiger partial charge in [-0.3, -0.25) is 0 Å². The van der Waals surface area contributed by atoms with Gasteiger partial charge in [0.05, 0.1) is 6.54 Å². The minimum absolute atomic E-state index is 0.904. The van der Waals surface area contributed by atoms with Crippen LogP contribution in [0.15, 0.2) is 31.4 Å². The molecule has 72 valence electrons. The highest BCUT2D eigenvalue weighted by Gasteiger charge is 2.00. The Morgan fingerprint density at radius 2 is 2.31 bits per heavy atom. The maximum atomic E-state index is 3.71. The van der Waals surface area contributed by atoms with E-state index in [-0.39, 0.29) is 0 Å². The highest BCUT2D eigenvalue weighted by atomic mass is 15.1. The van der Waals surface area contributed by atoms with Gasteiger partial charge in [-0.15, -0.1) is 0 Å². The molecule has 0 spiro atoms. The van der Waals surface area contributed by atoms with E-state index in [0.29, 0.717) is 0 Å². The monoisotopic (exact) mass is 179 g/mol. The van der Waals surface area contributed by atoms with Gasteiger partial charge < -0.3 is 0 Å². The van der Waals surface area contributed by atoms with Crippen LogP contribution in [0.3, 0.4) is 0 Å². The molecule has 0 unspecified atom stereocenters. The molecule has 1 aromatic heterocycles. The van der Waals surface area contributed by atoms with Gasteiger partial charge in [0.15, 0.2) is 0 Å². The molecular weight excluding hydrogens is 160 g/mol. The smallest absolute Gasteiger partial charge is 0.237 e. The van der Waals surface area contributed by atoms with Gasteiger partial charge in [-0.2, -0.15) is 0 Å². The summed E-state index contributed by atoms with van der Waals surface area (Å²) >= 11 is 0. The van der Waals surface area contributed by atoms with Gasteiger partial charge in [-0.1, -0.05) is 26.0 Å². The Bertz CT molecular complexity index is 250. The predicted octanol–water partition coefficient (Wildman–Crippen LogP) is 2.15. The first-order valence-electron chi connectivity index (χ1n) is 5.02. The second-order valence-electron chi connectivity index (χ2n) is 3.34. The highest BCUT2D eigenvalue weighted by molar-refractivity contribution is 4.73. The van der Waals surface area contributed by atoms with E-state index >= 15 is 0 Å². The van der Waals surface area contributed by atoms with Crippen LogP contribution < -0.4 is 4.57 Å². The van der Waals surface area contributed by atoms with E-state index in [1.807, 2.05) is 6.08 Å². The maximum absolute atomic E-state index is 3.71. The summed E-state index contributed by atoms with van der Waals surface area (Å²) in [5.74, 6) is 0. The van der Waals surface area contributed by atoms with Crippen molar-refractivity contribution in [3.05, 3.63) is 31.4 Å². The number of allylic oxidation sites excluding steroid dienone is 1. The van der Waals surface area contributed by atoms with Crippen molar-refractivity contribution in [2.45, 2.75) is 39.3 Å². The molecule has 0 saturated carbocycles. The minimum Gasteiger partial charge on any atom is -0.237 e. The zero-order chi connectivity index (χ0) is 9.52. The highest BCUT2D eigenvalue weighted by Crippen LogP contribution is 1.93. The van der Waals surface area contributed by atoms with Crippen LogP contribution in [0.5, 0.6) is 0 Å². The molecule has 0 aliphatic heterocycles. The lowest BCUT2D eigenvalue weighted by Crippen LogP contribution is -2.30. The number of hydrogen-bond donors (Lipinski definition) is 0. The Morgan fingerprint density at radius 3 is 3.00 bits per heavy atom. The fourth-order valence-corrected chi connectivity index (χ4v) is 1.37. The third kappa shape index (κ3) is 3.45. The van der Waals surface area contributed by atoms with Crippen molar-refractivity contribution in [3.8, 4) is 0 Å². The third-order valence-corrected chi connectivity index (χ3v) is 2.11. The van der Waals surface area contributed by atoms with Gasteiger partial charge >= 0.3 is 0 Å². The zero-order valence-electron chi connectivity index (χ0n) is 8.45. The molecule has 0 aliphatic rings. The van der Waals surface area contributed by atoms with E-state index < -0.39 is 0 Å². The van der Waals surface area contributed by atoms with Crippen molar-refractivity contribution in [1.82, 2.24) is 4.57 Å². The van der Waals surface area contributed by atoms with E-state index in [2.05, 4.69) is 41.4 Å². The average molecular weight is 179 g/mol. The van der Waals surface area contributed by atoms with Crippen LogP contribution in [0.2, 0.25) is 0 Å². The van der Waals surface area contributed by atoms with Crippen LogP contribution >= 0.6 is 0 Å². The first-order valence-corrected chi connectivity index (χ1v) is 5.02. The summed E-state index contributed by atoms with van der Waals surface area (Å²) in [7, 11) is 0. The summed E-state index contributed by atoms with van der Waals surface area (Å²) in [6.45, 7) is 7.98. The maximum Gasteiger partial charge on any atom is 0.244 e. The topological polar surface area (TPSA) is 8.81 Å². The first kappa shape index (κ1) is 10.0. The summed E-state index contributed by atoms with van der Waals surface area (Å²) < 4.78 is 4.37. The fourth-order valence-electron chi connectivity index (χ4n) is 1.37. The van der Waals surface area contributed by atoms with Crippen molar-refractivity contribution < 1.29 is 4.57 Å². The SMILES string of the molecule is C=CCn1cc[n+](CCCCC)c1. The summed E-state index contributed by atoms with van der Waals surface area (Å²) in [6, 6.07) is 0. The van der Waals surface area contributed by atoms with Crippen LogP contribution in [0.1, 0.15) is 26.2 Å². The van der Waals surface area contributed by atoms with Crippen LogP contribution in [0.4, 0.5) is 0 Å². The number of unbranched alkanes of at least 4 members (excludes halogenated alkanes) is 2. The van der Waals surface area contributed by atoms with Gasteiger partial charge in [0.1, 0.15) is 18.9 Å². The standard InChI is InChI=1S/C11H19N2/c1-3-5-6-8-13-10-9-12(11-13)7-4-2/h4,9-11H,2-3,5-8H2,1H3/q+1. The molecule has 13 heavy (non-hydrogen) atoms. The zero-order valence-corrected chi connectivity index (χ0v) is 8.45. The van der Waals surface area contributed by atoms with Crippen molar-refractivity contribution in [3.63, 3.8) is 0 Å². The summed E-state index contributed by atoms with van der Waals surface area (Å²) in [5, 5.41) is 0. The molecule has 0 saturated heterocycles. The molecule has 0 amide bonds. The number of aryl methyl sites for hydroxylation is 1. The van der Waals surface area contributed by atoms with Crippen molar-refractivity contribution in [2.75, 3.05) is 0 Å². The van der Waals surface area contributed by atoms with Crippen LogP contribution in [0.25, 0.3) is 0 Å². The Morgan fingerprint density at radius 1 is 1.46 bits per heavy atom. The van der Waals surface area contributed by atoms with Gasteiger partial charge in [-0.25, -0.2) is 9.13 Å². The number of hydrogen-bond acceptors (Lipinski definition) is 0. The van der Waals surface area contributed by atoms with E-state index in [1.54, 1.807) is 0 Å². The molecule has 1 heterocycles. The van der Waals surface area contributed by atoms with Gasteiger partial charge in [0.2, 0.25) is 6.33 Å². The molecule has 0 bridgehead atoms. The van der Waals surface area contributed by atoms with E-state index in [9.17, 15) is 0 Å². The molecule has 0 N–H and O–H groups in total. The lowest BCUT2D eigenvalue weighted by molar-refractivity contribution is -0.696. The Balaban J connectivity index is 2.35. The molecule has 0 atom stereocenters. The van der Waals surface area contributed by atoms with Crippen LogP contribution in [0, 0.1) is 0 Å². The molecule has 0 radical (unpaired) electrons. The molecular formula is C11H19N2+. The summed E-state index contributed by atoms with van der Waals surface area (Å²) in [5.41, 5.74) is 0. The molecule has 1 rings (SSSR count). The lowest BCUT2D eigenvalue weighted by Gasteiger charge is -1.94. The van der Waals surface area contributed by atoms with E-state index in [0.717, 1.165) is 13.1 Å². The number of imidazole rings is 1. The third-order valence-electron chi connectivity index (χ3n) is 2.11. The van der Waals surface area contributed by atoms with Crippen molar-refractivity contribution in [2.24, 2.45) is 0 Å². The predicted molar refractivity (Wildman–Crippen MR) is 54.3 cm³/mol. The van der Waals surface area contributed by atoms with Gasteiger partial charge in [0, 0.05) is 0 Å². The van der Waals surface area contributed by atoms with Gasteiger partial charge in [-0.05, 0) is 12.8 Å². The van der Waals surface area contributed by atoms with Crippen molar-refractivity contribution in [1.29, 1.82) is 0 Å². The fraction of sp³-hybridized carbons (Fsp3) is 0.545. The number of rotatable bonds is 6. The van der Waals surface area contributed by atoms with E-state index in [1.165, 1.54) is 19.3 Å². The first-order chi connectivity index (χ1) is 6.36. The Kier molecular flexibility index (Phi) is 4.30. The summed E-state index contributed by atoms with van der Waals surface area (Å²) in [6.07, 6.45) is 12.1. The molecule has 2 heteroatoms. The van der Waals surface area contributed by atoms with Crippen LogP contribution in [-0.4, -0.2) is 4.57 Å². The quantitative estimate of drug-likeness (QED) is 0.359. The van der Waals surface area contributed by atoms with Gasteiger partial charge in [0.25, 0.3) is 0 Å². The Hall–Kier alpha value is -1.05. The molecule has 0 aliphatic carbocycles. The number of nitrogens with zero attached hydrogens (tertiary/aromatic N) is 2. The van der Waals surface area contributed by atoms with Crippen LogP contribution in [-0.2, 0) is 13.1 Å². The lowest BCUT2D eigenvalue weighted by atomic mass is 10.2. The Labute approximate surface area is 80.5 Å².